The molecule has 3 aromatic carbocycles. The van der Waals surface area contributed by atoms with Crippen LogP contribution >= 0.6 is 0 Å². The molecule has 0 aliphatic rings. The van der Waals surface area contributed by atoms with Gasteiger partial charge in [0.05, 0.1) is 0 Å². The molecule has 0 unspecified atom stereocenters. The van der Waals surface area contributed by atoms with Crippen LogP contribution in [0.5, 0.6) is 0 Å². The van der Waals surface area contributed by atoms with E-state index in [1.807, 2.05) is 42.5 Å². The molecule has 0 amide bonds. The topological polar surface area (TPSA) is 45.8 Å². The van der Waals surface area contributed by atoms with E-state index in [2.05, 4.69) is 40.3 Å². The number of rotatable bonds is 3. The standard InChI is InChI=1S/C20H13N2O.Ir/c23-13-18-21-17-12-11-16(14-7-3-1-4-8-14)19(20(17)22-18)15-9-5-2-6-10-15;/h1-12H,(H,21,22);. The molecule has 24 heavy (non-hydrogen) atoms. The van der Waals surface area contributed by atoms with Gasteiger partial charge in [-0.05, 0) is 0 Å². The number of aromatic amines is 1. The van der Waals surface area contributed by atoms with Gasteiger partial charge >= 0.3 is 150 Å². The van der Waals surface area contributed by atoms with Gasteiger partial charge in [0.15, 0.2) is 0 Å². The van der Waals surface area contributed by atoms with E-state index in [4.69, 9.17) is 0 Å². The Bertz CT molecular complexity index is 1020. The molecule has 118 valence electrons. The van der Waals surface area contributed by atoms with Crippen molar-refractivity contribution in [1.29, 1.82) is 0 Å². The van der Waals surface area contributed by atoms with Crippen LogP contribution in [0.15, 0.2) is 72.8 Å². The molecule has 1 N–H and O–H groups in total. The van der Waals surface area contributed by atoms with Gasteiger partial charge in [-0.15, -0.1) is 0 Å². The Labute approximate surface area is 149 Å². The monoisotopic (exact) mass is 490 g/mol. The van der Waals surface area contributed by atoms with Crippen molar-refractivity contribution in [1.82, 2.24) is 9.97 Å². The molecule has 0 aliphatic heterocycles. The van der Waals surface area contributed by atoms with E-state index in [1.165, 1.54) is 18.9 Å². The minimum atomic E-state index is -0.0635. The molecule has 0 aliphatic carbocycles. The Morgan fingerprint density at radius 3 is 2.08 bits per heavy atom. The zero-order valence-corrected chi connectivity index (χ0v) is 15.0. The van der Waals surface area contributed by atoms with Crippen molar-refractivity contribution in [2.75, 3.05) is 0 Å². The summed E-state index contributed by atoms with van der Waals surface area (Å²) in [5.41, 5.74) is 6.07. The van der Waals surface area contributed by atoms with Gasteiger partial charge in [-0.25, -0.2) is 0 Å². The third kappa shape index (κ3) is 2.60. The van der Waals surface area contributed by atoms with Crippen molar-refractivity contribution >= 4 is 15.3 Å². The van der Waals surface area contributed by atoms with Gasteiger partial charge in [-0.2, -0.15) is 0 Å². The molecular weight excluding hydrogens is 476 g/mol. The first-order chi connectivity index (χ1) is 11.7. The molecule has 1 aromatic heterocycles. The molecule has 4 heteroatoms. The molecule has 1 heterocycles. The molecule has 0 fully saturated rings. The number of hydrogen-bond donors (Lipinski definition) is 1. The van der Waals surface area contributed by atoms with Crippen molar-refractivity contribution in [3.05, 3.63) is 78.6 Å². The van der Waals surface area contributed by atoms with Crippen LogP contribution in [0.4, 0.5) is 0 Å². The number of hydrogen-bond acceptors (Lipinski definition) is 2. The molecule has 3 nitrogen and oxygen atoms in total. The van der Waals surface area contributed by atoms with Crippen LogP contribution in [0.2, 0.25) is 0 Å². The second-order valence-electron chi connectivity index (χ2n) is 5.46. The molecular formula is C20H13IrN2O. The Morgan fingerprint density at radius 2 is 1.46 bits per heavy atom. The summed E-state index contributed by atoms with van der Waals surface area (Å²) in [6, 6.07) is 24.5. The number of aromatic nitrogens is 2. The first kappa shape index (κ1) is 15.0. The van der Waals surface area contributed by atoms with Crippen LogP contribution in [0.1, 0.15) is 10.6 Å². The second-order valence-corrected chi connectivity index (χ2v) is 6.54. The summed E-state index contributed by atoms with van der Waals surface area (Å²) in [7, 11) is 0. The summed E-state index contributed by atoms with van der Waals surface area (Å²) in [6.07, 6.45) is 0. The van der Waals surface area contributed by atoms with Gasteiger partial charge in [0.2, 0.25) is 0 Å². The number of carbonyl (C=O) groups is 1. The number of nitrogens with zero attached hydrogens (tertiary/aromatic N) is 1. The van der Waals surface area contributed by atoms with Crippen LogP contribution < -0.4 is 0 Å². The first-order valence-corrected chi connectivity index (χ1v) is 8.75. The Hall–Kier alpha value is -2.55. The van der Waals surface area contributed by atoms with Crippen LogP contribution in [0, 0.1) is 0 Å². The van der Waals surface area contributed by atoms with E-state index in [0.29, 0.717) is 5.82 Å². The summed E-state index contributed by atoms with van der Waals surface area (Å²) in [4.78, 5) is 19.4. The van der Waals surface area contributed by atoms with Crippen molar-refractivity contribution in [2.45, 2.75) is 0 Å². The van der Waals surface area contributed by atoms with Crippen LogP contribution in [0.25, 0.3) is 33.3 Å². The van der Waals surface area contributed by atoms with Crippen molar-refractivity contribution in [3.8, 4) is 22.3 Å². The predicted molar refractivity (Wildman–Crippen MR) is 91.3 cm³/mol. The van der Waals surface area contributed by atoms with Crippen molar-refractivity contribution in [2.24, 2.45) is 0 Å². The van der Waals surface area contributed by atoms with Gasteiger partial charge in [0.25, 0.3) is 0 Å². The van der Waals surface area contributed by atoms with Gasteiger partial charge in [-0.1, -0.05) is 0 Å². The fraction of sp³-hybridized carbons (Fsp3) is 0. The minimum absolute atomic E-state index is 0.0635. The Kier molecular flexibility index (Phi) is 3.85. The fourth-order valence-electron chi connectivity index (χ4n) is 2.92. The maximum absolute atomic E-state index is 11.7. The summed E-state index contributed by atoms with van der Waals surface area (Å²) in [6.45, 7) is 0. The summed E-state index contributed by atoms with van der Waals surface area (Å²) in [5, 5.41) is 0. The van der Waals surface area contributed by atoms with E-state index in [9.17, 15) is 4.79 Å². The molecule has 0 radical (unpaired) electrons. The number of imidazole rings is 1. The number of benzene rings is 3. The van der Waals surface area contributed by atoms with Crippen LogP contribution in [0.3, 0.4) is 0 Å². The van der Waals surface area contributed by atoms with Gasteiger partial charge in [-0.3, -0.25) is 0 Å². The molecule has 0 atom stereocenters. The number of fused-ring (bicyclic) bond motifs is 1. The Morgan fingerprint density at radius 1 is 0.833 bits per heavy atom. The zero-order chi connectivity index (χ0) is 16.5. The Balaban J connectivity index is 2.07. The molecule has 0 spiro atoms. The first-order valence-electron chi connectivity index (χ1n) is 7.55. The van der Waals surface area contributed by atoms with E-state index in [-0.39, 0.29) is 4.30 Å². The molecule has 4 aromatic rings. The van der Waals surface area contributed by atoms with E-state index in [0.717, 1.165) is 33.3 Å². The van der Waals surface area contributed by atoms with E-state index < -0.39 is 0 Å². The molecule has 0 saturated heterocycles. The molecule has 4 rings (SSSR count). The third-order valence-electron chi connectivity index (χ3n) is 3.98. The average molecular weight is 490 g/mol. The van der Waals surface area contributed by atoms with E-state index in [1.54, 1.807) is 0 Å². The quantitative estimate of drug-likeness (QED) is 0.458. The summed E-state index contributed by atoms with van der Waals surface area (Å²) in [5.74, 6) is 0.396. The van der Waals surface area contributed by atoms with Gasteiger partial charge in [0.1, 0.15) is 0 Å². The van der Waals surface area contributed by atoms with Gasteiger partial charge < -0.3 is 0 Å². The van der Waals surface area contributed by atoms with Gasteiger partial charge in [0, 0.05) is 0 Å². The number of H-pyrrole nitrogens is 1. The molecule has 0 bridgehead atoms. The SMILES string of the molecule is O=[C]([Ir])c1nc2c(-c3ccccc3)c(-c3ccccc3)ccc2[nH]1. The maximum atomic E-state index is 11.7. The zero-order valence-electron chi connectivity index (χ0n) is 12.6. The number of carbonyl (C=O) groups excluding carboxylic acids is 1. The second kappa shape index (κ2) is 6.16. The fourth-order valence-corrected chi connectivity index (χ4v) is 3.20. The summed E-state index contributed by atoms with van der Waals surface area (Å²) < 4.78 is -0.0635. The third-order valence-corrected chi connectivity index (χ3v) is 4.54. The molecule has 0 saturated carbocycles. The van der Waals surface area contributed by atoms with E-state index >= 15 is 0 Å². The van der Waals surface area contributed by atoms with Crippen molar-refractivity contribution < 1.29 is 23.7 Å². The summed E-state index contributed by atoms with van der Waals surface area (Å²) >= 11 is 1.53. The number of nitrogens with one attached hydrogen (secondary N) is 1. The normalized spacial score (nSPS) is 10.9. The average Bonchev–Trinajstić information content (AvgIpc) is 3.07. The van der Waals surface area contributed by atoms with Crippen LogP contribution in [-0.4, -0.2) is 14.3 Å². The van der Waals surface area contributed by atoms with Crippen molar-refractivity contribution in [3.63, 3.8) is 0 Å². The predicted octanol–water partition coefficient (Wildman–Crippen LogP) is 4.58. The van der Waals surface area contributed by atoms with Crippen LogP contribution in [-0.2, 0) is 18.9 Å².